The minimum absolute atomic E-state index is 0.0231. The van der Waals surface area contributed by atoms with Crippen molar-refractivity contribution in [2.75, 3.05) is 7.11 Å². The number of hydrogen-bond acceptors (Lipinski definition) is 2. The summed E-state index contributed by atoms with van der Waals surface area (Å²) in [7, 11) is 0.0586. The normalized spacial score (nSPS) is 21.1. The maximum Gasteiger partial charge on any atom is 0.192 e. The maximum absolute atomic E-state index is 6.77. The van der Waals surface area contributed by atoms with Crippen molar-refractivity contribution in [1.82, 2.24) is 0 Å². The molecule has 0 heterocycles. The zero-order chi connectivity index (χ0) is 19.3. The summed E-state index contributed by atoms with van der Waals surface area (Å²) in [5.41, 5.74) is 3.89. The van der Waals surface area contributed by atoms with Gasteiger partial charge in [0.2, 0.25) is 0 Å². The number of methoxy groups -OCH3 is 1. The molecule has 2 nitrogen and oxygen atoms in total. The molecular weight excluding hydrogens is 324 g/mol. The van der Waals surface area contributed by atoms with Crippen LogP contribution in [0.4, 0.5) is 0 Å². The molecule has 0 N–H and O–H groups in total. The summed E-state index contributed by atoms with van der Waals surface area (Å²) in [4.78, 5) is 0. The Bertz CT molecular complexity index is 622. The van der Waals surface area contributed by atoms with Crippen LogP contribution in [0.25, 0.3) is 0 Å². The van der Waals surface area contributed by atoms with Crippen LogP contribution in [0.15, 0.2) is 18.2 Å². The lowest BCUT2D eigenvalue weighted by Crippen LogP contribution is -2.41. The number of ether oxygens (including phenoxy) is 1. The second kappa shape index (κ2) is 6.51. The van der Waals surface area contributed by atoms with Crippen LogP contribution in [-0.4, -0.2) is 15.4 Å². The lowest BCUT2D eigenvalue weighted by molar-refractivity contribution is -0.0842. The number of hydrogen-bond donors (Lipinski definition) is 0. The van der Waals surface area contributed by atoms with E-state index in [2.05, 4.69) is 79.8 Å². The predicted molar refractivity (Wildman–Crippen MR) is 110 cm³/mol. The molecule has 0 aliphatic heterocycles. The van der Waals surface area contributed by atoms with Gasteiger partial charge in [0.25, 0.3) is 0 Å². The summed E-state index contributed by atoms with van der Waals surface area (Å²) < 4.78 is 12.8. The molecule has 0 spiro atoms. The van der Waals surface area contributed by atoms with Crippen LogP contribution in [-0.2, 0) is 21.2 Å². The Balaban J connectivity index is 2.44. The predicted octanol–water partition coefficient (Wildman–Crippen LogP) is 6.60. The van der Waals surface area contributed by atoms with Gasteiger partial charge in [-0.15, -0.1) is 0 Å². The van der Waals surface area contributed by atoms with E-state index in [0.29, 0.717) is 0 Å². The number of fused-ring (bicyclic) bond motifs is 1. The minimum Gasteiger partial charge on any atom is -0.410 e. The van der Waals surface area contributed by atoms with Crippen molar-refractivity contribution in [3.05, 3.63) is 34.9 Å². The van der Waals surface area contributed by atoms with Crippen molar-refractivity contribution in [3.8, 4) is 0 Å². The van der Waals surface area contributed by atoms with E-state index in [1.165, 1.54) is 16.7 Å². The van der Waals surface area contributed by atoms with Crippen molar-refractivity contribution in [2.45, 2.75) is 91.1 Å². The van der Waals surface area contributed by atoms with Crippen LogP contribution >= 0.6 is 0 Å². The first-order chi connectivity index (χ1) is 11.2. The molecule has 25 heavy (non-hydrogen) atoms. The van der Waals surface area contributed by atoms with Crippen LogP contribution in [0.3, 0.4) is 0 Å². The molecule has 1 aromatic carbocycles. The highest BCUT2D eigenvalue weighted by atomic mass is 28.4. The standard InChI is InChI=1S/C22H38O2Si/c1-20(2,3)22(7,23-8)18-13-11-12-17-16(18)14-15-19(17)24-25(9,10)21(4,5)6/h11-13,19H,14-15H2,1-10H3. The zero-order valence-electron chi connectivity index (χ0n) is 18.0. The minimum atomic E-state index is -1.78. The van der Waals surface area contributed by atoms with E-state index in [1.807, 2.05) is 7.11 Å². The number of rotatable bonds is 4. The summed E-state index contributed by atoms with van der Waals surface area (Å²) >= 11 is 0. The summed E-state index contributed by atoms with van der Waals surface area (Å²) in [6.07, 6.45) is 2.40. The lowest BCUT2D eigenvalue weighted by atomic mass is 9.71. The van der Waals surface area contributed by atoms with Crippen molar-refractivity contribution in [1.29, 1.82) is 0 Å². The van der Waals surface area contributed by atoms with E-state index >= 15 is 0 Å². The highest BCUT2D eigenvalue weighted by Gasteiger charge is 2.44. The summed E-state index contributed by atoms with van der Waals surface area (Å²) in [6, 6.07) is 6.70. The Morgan fingerprint density at radius 1 is 1.00 bits per heavy atom. The largest absolute Gasteiger partial charge is 0.410 e. The monoisotopic (exact) mass is 362 g/mol. The van der Waals surface area contributed by atoms with E-state index in [1.54, 1.807) is 0 Å². The summed E-state index contributed by atoms with van der Waals surface area (Å²) in [6.45, 7) is 20.6. The third kappa shape index (κ3) is 3.61. The lowest BCUT2D eigenvalue weighted by Gasteiger charge is -2.42. The zero-order valence-corrected chi connectivity index (χ0v) is 19.0. The molecular formula is C22H38O2Si. The van der Waals surface area contributed by atoms with E-state index in [9.17, 15) is 0 Å². The maximum atomic E-state index is 6.77. The average Bonchev–Trinajstić information content (AvgIpc) is 2.86. The van der Waals surface area contributed by atoms with Crippen molar-refractivity contribution < 1.29 is 9.16 Å². The van der Waals surface area contributed by atoms with E-state index < -0.39 is 8.32 Å². The third-order valence-corrected chi connectivity index (χ3v) is 11.3. The van der Waals surface area contributed by atoms with Gasteiger partial charge >= 0.3 is 0 Å². The van der Waals surface area contributed by atoms with Gasteiger partial charge in [0.15, 0.2) is 8.32 Å². The Labute approximate surface area is 156 Å². The molecule has 0 saturated carbocycles. The Morgan fingerprint density at radius 3 is 2.08 bits per heavy atom. The smallest absolute Gasteiger partial charge is 0.192 e. The molecule has 0 saturated heterocycles. The first-order valence-electron chi connectivity index (χ1n) is 9.60. The second-order valence-corrected chi connectivity index (χ2v) is 15.0. The Morgan fingerprint density at radius 2 is 1.60 bits per heavy atom. The van der Waals surface area contributed by atoms with Gasteiger partial charge in [-0.3, -0.25) is 0 Å². The van der Waals surface area contributed by atoms with Crippen LogP contribution in [0.5, 0.6) is 0 Å². The van der Waals surface area contributed by atoms with Crippen LogP contribution in [0.2, 0.25) is 18.1 Å². The van der Waals surface area contributed by atoms with Gasteiger partial charge in [-0.25, -0.2) is 0 Å². The van der Waals surface area contributed by atoms with Gasteiger partial charge in [0.1, 0.15) is 0 Å². The van der Waals surface area contributed by atoms with Gasteiger partial charge in [-0.1, -0.05) is 59.7 Å². The highest BCUT2D eigenvalue weighted by Crippen LogP contribution is 2.49. The number of benzene rings is 1. The molecule has 1 aliphatic rings. The molecule has 1 aromatic rings. The van der Waals surface area contributed by atoms with Gasteiger partial charge in [0, 0.05) is 7.11 Å². The van der Waals surface area contributed by atoms with E-state index in [0.717, 1.165) is 12.8 Å². The summed E-state index contributed by atoms with van der Waals surface area (Å²) in [5, 5.41) is 0.236. The van der Waals surface area contributed by atoms with E-state index in [-0.39, 0.29) is 22.2 Å². The molecule has 1 aliphatic carbocycles. The molecule has 2 unspecified atom stereocenters. The van der Waals surface area contributed by atoms with Crippen LogP contribution < -0.4 is 0 Å². The average molecular weight is 363 g/mol. The molecule has 2 rings (SSSR count). The first-order valence-corrected chi connectivity index (χ1v) is 12.5. The quantitative estimate of drug-likeness (QED) is 0.561. The molecule has 0 bridgehead atoms. The van der Waals surface area contributed by atoms with Gasteiger partial charge in [-0.2, -0.15) is 0 Å². The molecule has 0 fully saturated rings. The summed E-state index contributed by atoms with van der Waals surface area (Å²) in [5.74, 6) is 0. The Hall–Kier alpha value is -0.643. The fourth-order valence-electron chi connectivity index (χ4n) is 3.54. The van der Waals surface area contributed by atoms with E-state index in [4.69, 9.17) is 9.16 Å². The molecule has 3 heteroatoms. The Kier molecular flexibility index (Phi) is 5.38. The molecule has 2 atom stereocenters. The fraction of sp³-hybridized carbons (Fsp3) is 0.727. The fourth-order valence-corrected chi connectivity index (χ4v) is 4.85. The first kappa shape index (κ1) is 20.7. The topological polar surface area (TPSA) is 18.5 Å². The molecule has 0 amide bonds. The molecule has 142 valence electrons. The second-order valence-electron chi connectivity index (χ2n) is 10.3. The van der Waals surface area contributed by atoms with Crippen LogP contribution in [0, 0.1) is 5.41 Å². The third-order valence-electron chi connectivity index (χ3n) is 6.81. The van der Waals surface area contributed by atoms with Crippen molar-refractivity contribution in [2.24, 2.45) is 5.41 Å². The molecule has 0 aromatic heterocycles. The van der Waals surface area contributed by atoms with Crippen LogP contribution in [0.1, 0.15) is 77.7 Å². The SMILES string of the molecule is COC(C)(c1cccc2c1CCC2O[Si](C)(C)C(C)(C)C)C(C)(C)C. The highest BCUT2D eigenvalue weighted by molar-refractivity contribution is 6.74. The van der Waals surface area contributed by atoms with Gasteiger partial charge in [0.05, 0.1) is 11.7 Å². The van der Waals surface area contributed by atoms with Gasteiger partial charge in [-0.05, 0) is 60.0 Å². The van der Waals surface area contributed by atoms with Crippen molar-refractivity contribution in [3.63, 3.8) is 0 Å². The van der Waals surface area contributed by atoms with Gasteiger partial charge < -0.3 is 9.16 Å². The molecule has 0 radical (unpaired) electrons. The van der Waals surface area contributed by atoms with Crippen molar-refractivity contribution >= 4 is 8.32 Å².